The highest BCUT2D eigenvalue weighted by atomic mass is 32.2. The average Bonchev–Trinajstić information content (AvgIpc) is 2.36. The molecular formula is C13H19NO6S2. The summed E-state index contributed by atoms with van der Waals surface area (Å²) >= 11 is 0. The van der Waals surface area contributed by atoms with Crippen LogP contribution in [0.2, 0.25) is 0 Å². The van der Waals surface area contributed by atoms with E-state index in [0.29, 0.717) is 0 Å². The first-order valence-electron chi connectivity index (χ1n) is 6.48. The molecule has 2 N–H and O–H groups in total. The Labute approximate surface area is 130 Å². The van der Waals surface area contributed by atoms with Gasteiger partial charge in [-0.15, -0.1) is 0 Å². The fraction of sp³-hybridized carbons (Fsp3) is 0.462. The largest absolute Gasteiger partial charge is 0.480 e. The number of carbonyl (C=O) groups is 1. The third-order valence-corrected chi connectivity index (χ3v) is 5.48. The van der Waals surface area contributed by atoms with Crippen LogP contribution in [0.25, 0.3) is 0 Å². The van der Waals surface area contributed by atoms with Gasteiger partial charge in [-0.05, 0) is 36.6 Å². The molecule has 1 aromatic rings. The van der Waals surface area contributed by atoms with E-state index in [0.717, 1.165) is 18.4 Å². The molecule has 1 aromatic carbocycles. The van der Waals surface area contributed by atoms with Crippen LogP contribution in [0, 0.1) is 5.92 Å². The van der Waals surface area contributed by atoms with E-state index in [1.54, 1.807) is 13.8 Å². The highest BCUT2D eigenvalue weighted by molar-refractivity contribution is 7.90. The van der Waals surface area contributed by atoms with Gasteiger partial charge >= 0.3 is 5.97 Å². The van der Waals surface area contributed by atoms with E-state index in [9.17, 15) is 21.6 Å². The van der Waals surface area contributed by atoms with Crippen LogP contribution >= 0.6 is 0 Å². The van der Waals surface area contributed by atoms with Crippen molar-refractivity contribution < 1.29 is 26.7 Å². The molecular weight excluding hydrogens is 330 g/mol. The summed E-state index contributed by atoms with van der Waals surface area (Å²) in [6.45, 7) is 3.57. The molecule has 1 unspecified atom stereocenters. The number of hydrogen-bond acceptors (Lipinski definition) is 5. The van der Waals surface area contributed by atoms with E-state index in [2.05, 4.69) is 4.72 Å². The Bertz CT molecular complexity index is 735. The van der Waals surface area contributed by atoms with Crippen molar-refractivity contribution in [1.82, 2.24) is 4.72 Å². The first kappa shape index (κ1) is 18.6. The van der Waals surface area contributed by atoms with Crippen molar-refractivity contribution in [2.24, 2.45) is 5.92 Å². The first-order valence-corrected chi connectivity index (χ1v) is 9.86. The maximum atomic E-state index is 12.2. The van der Waals surface area contributed by atoms with Crippen molar-refractivity contribution in [3.63, 3.8) is 0 Å². The zero-order valence-electron chi connectivity index (χ0n) is 12.5. The van der Waals surface area contributed by atoms with Gasteiger partial charge in [0.25, 0.3) is 0 Å². The van der Waals surface area contributed by atoms with E-state index in [4.69, 9.17) is 5.11 Å². The molecule has 22 heavy (non-hydrogen) atoms. The molecule has 0 aromatic heterocycles. The molecule has 0 spiro atoms. The van der Waals surface area contributed by atoms with Crippen LogP contribution in [0.1, 0.15) is 20.3 Å². The summed E-state index contributed by atoms with van der Waals surface area (Å²) in [4.78, 5) is 10.9. The number of benzene rings is 1. The van der Waals surface area contributed by atoms with Gasteiger partial charge < -0.3 is 5.11 Å². The Kier molecular flexibility index (Phi) is 5.71. The summed E-state index contributed by atoms with van der Waals surface area (Å²) in [6.07, 6.45) is 1.16. The highest BCUT2D eigenvalue weighted by Crippen LogP contribution is 2.16. The monoisotopic (exact) mass is 349 g/mol. The van der Waals surface area contributed by atoms with E-state index < -0.39 is 31.9 Å². The predicted octanol–water partition coefficient (Wildman–Crippen LogP) is 0.868. The highest BCUT2D eigenvalue weighted by Gasteiger charge is 2.26. The van der Waals surface area contributed by atoms with Crippen LogP contribution in [-0.2, 0) is 24.7 Å². The van der Waals surface area contributed by atoms with E-state index in [1.165, 1.54) is 12.1 Å². The number of rotatable bonds is 7. The normalized spacial score (nSPS) is 14.0. The molecule has 1 atom stereocenters. The van der Waals surface area contributed by atoms with Crippen LogP contribution < -0.4 is 4.72 Å². The summed E-state index contributed by atoms with van der Waals surface area (Å²) in [7, 11) is -7.46. The smallest absolute Gasteiger partial charge is 0.321 e. The fourth-order valence-corrected chi connectivity index (χ4v) is 3.62. The molecule has 9 heteroatoms. The van der Waals surface area contributed by atoms with Crippen LogP contribution in [0.5, 0.6) is 0 Å². The molecule has 0 amide bonds. The van der Waals surface area contributed by atoms with Crippen LogP contribution in [0.15, 0.2) is 34.1 Å². The topological polar surface area (TPSA) is 118 Å². The van der Waals surface area contributed by atoms with Gasteiger partial charge in [0.15, 0.2) is 9.84 Å². The Balaban J connectivity index is 3.06. The second-order valence-electron chi connectivity index (χ2n) is 5.39. The van der Waals surface area contributed by atoms with Crippen LogP contribution in [-0.4, -0.2) is 40.2 Å². The zero-order valence-corrected chi connectivity index (χ0v) is 14.1. The van der Waals surface area contributed by atoms with E-state index in [1.807, 2.05) is 0 Å². The molecule has 0 saturated heterocycles. The van der Waals surface area contributed by atoms with Gasteiger partial charge in [0.05, 0.1) is 9.79 Å². The van der Waals surface area contributed by atoms with E-state index in [-0.39, 0.29) is 22.1 Å². The lowest BCUT2D eigenvalue weighted by atomic mass is 10.1. The van der Waals surface area contributed by atoms with Crippen molar-refractivity contribution in [2.75, 3.05) is 6.26 Å². The molecule has 0 aliphatic carbocycles. The second kappa shape index (κ2) is 6.76. The SMILES string of the molecule is CC(C)CC(NS(=O)(=O)c1ccc(S(C)(=O)=O)cc1)C(=O)O. The summed E-state index contributed by atoms with van der Waals surface area (Å²) in [6, 6.07) is 3.36. The van der Waals surface area contributed by atoms with Gasteiger partial charge in [-0.1, -0.05) is 13.8 Å². The van der Waals surface area contributed by atoms with Gasteiger partial charge in [0, 0.05) is 6.26 Å². The lowest BCUT2D eigenvalue weighted by Crippen LogP contribution is -2.41. The van der Waals surface area contributed by atoms with Gasteiger partial charge in [-0.2, -0.15) is 4.72 Å². The third-order valence-electron chi connectivity index (χ3n) is 2.86. The lowest BCUT2D eigenvalue weighted by Gasteiger charge is -2.16. The second-order valence-corrected chi connectivity index (χ2v) is 9.11. The maximum absolute atomic E-state index is 12.2. The Hall–Kier alpha value is -1.45. The minimum atomic E-state index is -4.04. The molecule has 0 saturated carbocycles. The quantitative estimate of drug-likeness (QED) is 0.754. The number of carboxylic acids is 1. The Morgan fingerprint density at radius 2 is 1.55 bits per heavy atom. The summed E-state index contributed by atoms with van der Waals surface area (Å²) in [5, 5.41) is 9.08. The zero-order chi connectivity index (χ0) is 17.1. The Morgan fingerprint density at radius 3 is 1.91 bits per heavy atom. The number of sulfonamides is 1. The Morgan fingerprint density at radius 1 is 1.09 bits per heavy atom. The minimum absolute atomic E-state index is 0.00332. The van der Waals surface area contributed by atoms with Crippen molar-refractivity contribution in [2.45, 2.75) is 36.1 Å². The standard InChI is InChI=1S/C13H19NO6S2/c1-9(2)8-12(13(15)16)14-22(19,20)11-6-4-10(5-7-11)21(3,17)18/h4-7,9,12,14H,8H2,1-3H3,(H,15,16). The number of carboxylic acid groups (broad SMARTS) is 1. The van der Waals surface area contributed by atoms with Gasteiger partial charge in [0.1, 0.15) is 6.04 Å². The van der Waals surface area contributed by atoms with Gasteiger partial charge in [-0.25, -0.2) is 16.8 Å². The number of hydrogen-bond donors (Lipinski definition) is 2. The number of aliphatic carboxylic acids is 1. The fourth-order valence-electron chi connectivity index (χ4n) is 1.79. The van der Waals surface area contributed by atoms with Crippen molar-refractivity contribution in [3.8, 4) is 0 Å². The summed E-state index contributed by atoms with van der Waals surface area (Å²) in [5.74, 6) is -1.26. The maximum Gasteiger partial charge on any atom is 0.321 e. The van der Waals surface area contributed by atoms with Crippen LogP contribution in [0.3, 0.4) is 0 Å². The molecule has 0 fully saturated rings. The number of sulfone groups is 1. The third kappa shape index (κ3) is 5.08. The molecule has 1 rings (SSSR count). The number of nitrogens with one attached hydrogen (secondary N) is 1. The molecule has 0 bridgehead atoms. The van der Waals surface area contributed by atoms with Crippen LogP contribution in [0.4, 0.5) is 0 Å². The first-order chi connectivity index (χ1) is 9.93. The van der Waals surface area contributed by atoms with Crippen molar-refractivity contribution in [1.29, 1.82) is 0 Å². The van der Waals surface area contributed by atoms with Crippen molar-refractivity contribution in [3.05, 3.63) is 24.3 Å². The minimum Gasteiger partial charge on any atom is -0.480 e. The van der Waals surface area contributed by atoms with Gasteiger partial charge in [-0.3, -0.25) is 4.79 Å². The molecule has 0 radical (unpaired) electrons. The molecule has 124 valence electrons. The van der Waals surface area contributed by atoms with Gasteiger partial charge in [0.2, 0.25) is 10.0 Å². The van der Waals surface area contributed by atoms with E-state index >= 15 is 0 Å². The predicted molar refractivity (Wildman–Crippen MR) is 80.8 cm³/mol. The summed E-state index contributed by atoms with van der Waals surface area (Å²) in [5.41, 5.74) is 0. The molecule has 0 heterocycles. The average molecular weight is 349 g/mol. The van der Waals surface area contributed by atoms with Crippen molar-refractivity contribution >= 4 is 25.8 Å². The lowest BCUT2D eigenvalue weighted by molar-refractivity contribution is -0.139. The molecule has 0 aliphatic rings. The summed E-state index contributed by atoms with van der Waals surface area (Å²) < 4.78 is 49.1. The molecule has 7 nitrogen and oxygen atoms in total. The molecule has 0 aliphatic heterocycles.